The van der Waals surface area contributed by atoms with E-state index >= 15 is 0 Å². The molecule has 0 radical (unpaired) electrons. The summed E-state index contributed by atoms with van der Waals surface area (Å²) in [6, 6.07) is 21.7. The van der Waals surface area contributed by atoms with Gasteiger partial charge in [-0.05, 0) is 35.0 Å². The fourth-order valence-electron chi connectivity index (χ4n) is 2.22. The Morgan fingerprint density at radius 1 is 0.905 bits per heavy atom. The van der Waals surface area contributed by atoms with E-state index in [9.17, 15) is 4.79 Å². The molecule has 0 aliphatic heterocycles. The van der Waals surface area contributed by atoms with Gasteiger partial charge in [-0.3, -0.25) is 4.79 Å². The van der Waals surface area contributed by atoms with Crippen molar-refractivity contribution in [1.29, 1.82) is 0 Å². The number of carbonyl (C=O) groups excluding carboxylic acids is 1. The molecule has 0 heterocycles. The first-order valence-corrected chi connectivity index (χ1v) is 7.53. The lowest BCUT2D eigenvalue weighted by Crippen LogP contribution is -2.13. The van der Waals surface area contributed by atoms with Crippen molar-refractivity contribution in [3.8, 4) is 0 Å². The molecule has 0 amide bonds. The highest BCUT2D eigenvalue weighted by Crippen LogP contribution is 2.19. The van der Waals surface area contributed by atoms with Crippen molar-refractivity contribution in [2.24, 2.45) is 0 Å². The Kier molecular flexibility index (Phi) is 4.02. The lowest BCUT2D eigenvalue weighted by atomic mass is 10.1. The fraction of sp³-hybridized carbons (Fsp3) is 0.0556. The van der Waals surface area contributed by atoms with Gasteiger partial charge < -0.3 is 5.32 Å². The Balaban J connectivity index is 1.71. The molecule has 0 saturated heterocycles. The second kappa shape index (κ2) is 6.10. The van der Waals surface area contributed by atoms with E-state index in [1.807, 2.05) is 42.5 Å². The number of anilines is 1. The molecule has 0 aromatic heterocycles. The summed E-state index contributed by atoms with van der Waals surface area (Å²) in [5.74, 6) is 0.0793. The van der Waals surface area contributed by atoms with Crippen molar-refractivity contribution in [3.05, 3.63) is 76.8 Å². The number of halogens is 1. The molecule has 1 N–H and O–H groups in total. The van der Waals surface area contributed by atoms with Crippen LogP contribution in [0.4, 0.5) is 5.69 Å². The molecule has 3 heteroatoms. The van der Waals surface area contributed by atoms with E-state index in [-0.39, 0.29) is 5.78 Å². The normalized spacial score (nSPS) is 10.5. The molecule has 0 atom stereocenters. The molecule has 21 heavy (non-hydrogen) atoms. The van der Waals surface area contributed by atoms with Gasteiger partial charge in [-0.25, -0.2) is 0 Å². The highest BCUT2D eigenvalue weighted by molar-refractivity contribution is 9.10. The molecule has 3 aromatic rings. The average Bonchev–Trinajstić information content (AvgIpc) is 2.53. The lowest BCUT2D eigenvalue weighted by molar-refractivity contribution is 0.101. The molecule has 0 aliphatic rings. The predicted octanol–water partition coefficient (Wildman–Crippen LogP) is 4.90. The van der Waals surface area contributed by atoms with Crippen LogP contribution in [0.25, 0.3) is 10.8 Å². The third-order valence-corrected chi connectivity index (χ3v) is 3.90. The Morgan fingerprint density at radius 2 is 1.62 bits per heavy atom. The third kappa shape index (κ3) is 3.31. The second-order valence-electron chi connectivity index (χ2n) is 4.85. The minimum Gasteiger partial charge on any atom is -0.378 e. The van der Waals surface area contributed by atoms with Gasteiger partial charge in [0, 0.05) is 15.7 Å². The number of hydrogen-bond donors (Lipinski definition) is 1. The molecule has 0 bridgehead atoms. The fourth-order valence-corrected chi connectivity index (χ4v) is 2.48. The van der Waals surface area contributed by atoms with Crippen LogP contribution >= 0.6 is 15.9 Å². The summed E-state index contributed by atoms with van der Waals surface area (Å²) < 4.78 is 0.974. The van der Waals surface area contributed by atoms with Crippen LogP contribution in [-0.4, -0.2) is 12.3 Å². The molecule has 0 unspecified atom stereocenters. The van der Waals surface area contributed by atoms with Crippen LogP contribution in [-0.2, 0) is 0 Å². The molecule has 0 spiro atoms. The summed E-state index contributed by atoms with van der Waals surface area (Å²) in [6.07, 6.45) is 0. The van der Waals surface area contributed by atoms with E-state index in [2.05, 4.69) is 45.5 Å². The lowest BCUT2D eigenvalue weighted by Gasteiger charge is -2.07. The number of benzene rings is 3. The van der Waals surface area contributed by atoms with Gasteiger partial charge in [-0.15, -0.1) is 0 Å². The summed E-state index contributed by atoms with van der Waals surface area (Å²) in [5, 5.41) is 5.55. The minimum absolute atomic E-state index is 0.0793. The Hall–Kier alpha value is -2.13. The van der Waals surface area contributed by atoms with Crippen LogP contribution in [0.2, 0.25) is 0 Å². The average molecular weight is 340 g/mol. The number of nitrogens with one attached hydrogen (secondary N) is 1. The van der Waals surface area contributed by atoms with Gasteiger partial charge in [0.15, 0.2) is 5.78 Å². The minimum atomic E-state index is 0.0793. The number of rotatable bonds is 4. The topological polar surface area (TPSA) is 29.1 Å². The van der Waals surface area contributed by atoms with Gasteiger partial charge >= 0.3 is 0 Å². The molecule has 0 fully saturated rings. The highest BCUT2D eigenvalue weighted by Gasteiger charge is 2.05. The van der Waals surface area contributed by atoms with Crippen LogP contribution < -0.4 is 5.32 Å². The molecule has 3 aromatic carbocycles. The van der Waals surface area contributed by atoms with E-state index < -0.39 is 0 Å². The third-order valence-electron chi connectivity index (χ3n) is 3.37. The van der Waals surface area contributed by atoms with Crippen LogP contribution in [0.5, 0.6) is 0 Å². The molecule has 0 saturated carbocycles. The van der Waals surface area contributed by atoms with Crippen molar-refractivity contribution in [2.75, 3.05) is 11.9 Å². The van der Waals surface area contributed by atoms with Gasteiger partial charge in [0.05, 0.1) is 6.54 Å². The second-order valence-corrected chi connectivity index (χ2v) is 5.76. The van der Waals surface area contributed by atoms with Gasteiger partial charge in [-0.2, -0.15) is 0 Å². The molecule has 0 aliphatic carbocycles. The van der Waals surface area contributed by atoms with Crippen molar-refractivity contribution >= 4 is 38.2 Å². The predicted molar refractivity (Wildman–Crippen MR) is 90.9 cm³/mol. The zero-order valence-electron chi connectivity index (χ0n) is 11.3. The van der Waals surface area contributed by atoms with Crippen LogP contribution in [0.3, 0.4) is 0 Å². The Bertz CT molecular complexity index is 781. The summed E-state index contributed by atoms with van der Waals surface area (Å²) in [4.78, 5) is 12.1. The van der Waals surface area contributed by atoms with E-state index in [1.165, 1.54) is 10.8 Å². The van der Waals surface area contributed by atoms with Crippen LogP contribution in [0.1, 0.15) is 10.4 Å². The quantitative estimate of drug-likeness (QED) is 0.685. The van der Waals surface area contributed by atoms with Gasteiger partial charge in [0.25, 0.3) is 0 Å². The number of hydrogen-bond acceptors (Lipinski definition) is 2. The Morgan fingerprint density at radius 3 is 2.38 bits per heavy atom. The SMILES string of the molecule is O=C(CNc1ccc2ccccc2c1)c1ccc(Br)cc1. The molecular formula is C18H14BrNO. The summed E-state index contributed by atoms with van der Waals surface area (Å²) in [7, 11) is 0. The van der Waals surface area contributed by atoms with Crippen molar-refractivity contribution in [1.82, 2.24) is 0 Å². The number of Topliss-reactive ketones (excluding diaryl/α,β-unsaturated/α-hetero) is 1. The van der Waals surface area contributed by atoms with E-state index in [4.69, 9.17) is 0 Å². The highest BCUT2D eigenvalue weighted by atomic mass is 79.9. The largest absolute Gasteiger partial charge is 0.378 e. The first-order valence-electron chi connectivity index (χ1n) is 6.74. The first kappa shape index (κ1) is 13.8. The van der Waals surface area contributed by atoms with Gasteiger partial charge in [0.1, 0.15) is 0 Å². The first-order chi connectivity index (χ1) is 10.2. The van der Waals surface area contributed by atoms with E-state index in [1.54, 1.807) is 0 Å². The van der Waals surface area contributed by atoms with Crippen LogP contribution in [0.15, 0.2) is 71.2 Å². The summed E-state index contributed by atoms with van der Waals surface area (Å²) in [6.45, 7) is 0.292. The number of ketones is 1. The number of carbonyl (C=O) groups is 1. The zero-order valence-corrected chi connectivity index (χ0v) is 12.9. The Labute approximate surface area is 131 Å². The van der Waals surface area contributed by atoms with Crippen molar-refractivity contribution < 1.29 is 4.79 Å². The van der Waals surface area contributed by atoms with Crippen molar-refractivity contribution in [3.63, 3.8) is 0 Å². The summed E-state index contributed by atoms with van der Waals surface area (Å²) in [5.41, 5.74) is 1.67. The van der Waals surface area contributed by atoms with Crippen LogP contribution in [0, 0.1) is 0 Å². The summed E-state index contributed by atoms with van der Waals surface area (Å²) >= 11 is 3.37. The standard InChI is InChI=1S/C18H14BrNO/c19-16-8-5-14(6-9-16)18(21)12-20-17-10-7-13-3-1-2-4-15(13)11-17/h1-11,20H,12H2. The van der Waals surface area contributed by atoms with Gasteiger partial charge in [0.2, 0.25) is 0 Å². The maximum Gasteiger partial charge on any atom is 0.181 e. The van der Waals surface area contributed by atoms with Gasteiger partial charge in [-0.1, -0.05) is 58.4 Å². The van der Waals surface area contributed by atoms with E-state index in [0.717, 1.165) is 10.2 Å². The maximum atomic E-state index is 12.1. The molecule has 2 nitrogen and oxygen atoms in total. The molecule has 3 rings (SSSR count). The number of fused-ring (bicyclic) bond motifs is 1. The molecule has 104 valence electrons. The molecular weight excluding hydrogens is 326 g/mol. The monoisotopic (exact) mass is 339 g/mol. The van der Waals surface area contributed by atoms with E-state index in [0.29, 0.717) is 12.1 Å². The van der Waals surface area contributed by atoms with Crippen molar-refractivity contribution in [2.45, 2.75) is 0 Å². The smallest absolute Gasteiger partial charge is 0.181 e. The maximum absolute atomic E-state index is 12.1. The zero-order chi connectivity index (χ0) is 14.7.